The number of carbonyl (C=O) groups is 1. The molecule has 36 heavy (non-hydrogen) atoms. The van der Waals surface area contributed by atoms with Gasteiger partial charge in [0.1, 0.15) is 29.8 Å². The van der Waals surface area contributed by atoms with E-state index >= 15 is 0 Å². The highest BCUT2D eigenvalue weighted by Crippen LogP contribution is 2.35. The summed E-state index contributed by atoms with van der Waals surface area (Å²) < 4.78 is 21.9. The standard InChI is InChI=1S/C24H29N3O9/c1-3-14-8-10-15(11-9-14)12-27-19-16(25-26-27)6-5-7-17(19)36-24(32)21(29)20(28)18(35-22(24)30)13-34-23(31)33-4-2/h5-11,18,20-22,28-30,32H,3-4,12-13H2,1-2H3/t18-,20-,21+,22?,24+/m1/s1. The smallest absolute Gasteiger partial charge is 0.452 e. The molecule has 3 aromatic rings. The Morgan fingerprint density at radius 3 is 2.50 bits per heavy atom. The minimum atomic E-state index is -2.76. The summed E-state index contributed by atoms with van der Waals surface area (Å²) in [6.45, 7) is 3.54. The van der Waals surface area contributed by atoms with Crippen LogP contribution in [0, 0.1) is 0 Å². The molecule has 194 valence electrons. The second kappa shape index (κ2) is 10.8. The number of hydrogen-bond acceptors (Lipinski definition) is 11. The van der Waals surface area contributed by atoms with Crippen molar-refractivity contribution in [3.63, 3.8) is 0 Å². The van der Waals surface area contributed by atoms with E-state index in [0.29, 0.717) is 17.6 Å². The van der Waals surface area contributed by atoms with Gasteiger partial charge in [-0.15, -0.1) is 5.10 Å². The first-order chi connectivity index (χ1) is 17.3. The monoisotopic (exact) mass is 503 g/mol. The molecule has 0 radical (unpaired) electrons. The Morgan fingerprint density at radius 1 is 1.08 bits per heavy atom. The molecule has 1 saturated heterocycles. The van der Waals surface area contributed by atoms with Gasteiger partial charge in [0.2, 0.25) is 6.29 Å². The fraction of sp³-hybridized carbons (Fsp3) is 0.458. The van der Waals surface area contributed by atoms with Crippen LogP contribution in [-0.4, -0.2) is 85.2 Å². The van der Waals surface area contributed by atoms with Crippen LogP contribution in [0.25, 0.3) is 11.0 Å². The fourth-order valence-electron chi connectivity index (χ4n) is 3.92. The first kappa shape index (κ1) is 25.8. The van der Waals surface area contributed by atoms with E-state index in [0.717, 1.165) is 12.0 Å². The lowest BCUT2D eigenvalue weighted by atomic mass is 9.96. The zero-order valence-electron chi connectivity index (χ0n) is 19.9. The van der Waals surface area contributed by atoms with Gasteiger partial charge in [0.25, 0.3) is 5.79 Å². The third-order valence-corrected chi connectivity index (χ3v) is 5.95. The third-order valence-electron chi connectivity index (χ3n) is 5.95. The van der Waals surface area contributed by atoms with Gasteiger partial charge in [-0.3, -0.25) is 0 Å². The highest BCUT2D eigenvalue weighted by Gasteiger charge is 2.57. The summed E-state index contributed by atoms with van der Waals surface area (Å²) in [7, 11) is 0. The SMILES string of the molecule is CCOC(=O)OC[C@H]1OC(O)[C@@](O)(Oc2cccc3nnn(Cc4ccc(CC)cc4)c23)[C@@H](O)[C@@H]1O. The summed E-state index contributed by atoms with van der Waals surface area (Å²) in [5, 5.41) is 51.0. The van der Waals surface area contributed by atoms with Crippen LogP contribution < -0.4 is 4.74 Å². The van der Waals surface area contributed by atoms with Crippen molar-refractivity contribution in [1.82, 2.24) is 15.0 Å². The van der Waals surface area contributed by atoms with Crippen LogP contribution in [0.1, 0.15) is 25.0 Å². The zero-order chi connectivity index (χ0) is 25.9. The summed E-state index contributed by atoms with van der Waals surface area (Å²) in [5.74, 6) is -2.72. The number of aromatic nitrogens is 3. The van der Waals surface area contributed by atoms with E-state index in [4.69, 9.17) is 14.2 Å². The van der Waals surface area contributed by atoms with Crippen molar-refractivity contribution < 1.29 is 44.2 Å². The van der Waals surface area contributed by atoms with E-state index in [1.165, 1.54) is 11.6 Å². The summed E-state index contributed by atoms with van der Waals surface area (Å²) in [6.07, 6.45) is -7.35. The van der Waals surface area contributed by atoms with Gasteiger partial charge < -0.3 is 39.4 Å². The van der Waals surface area contributed by atoms with Gasteiger partial charge in [0.05, 0.1) is 13.2 Å². The second-order valence-corrected chi connectivity index (χ2v) is 8.35. The van der Waals surface area contributed by atoms with Gasteiger partial charge in [-0.05, 0) is 36.6 Å². The minimum absolute atomic E-state index is 0.0419. The van der Waals surface area contributed by atoms with Crippen molar-refractivity contribution in [2.75, 3.05) is 13.2 Å². The van der Waals surface area contributed by atoms with Crippen molar-refractivity contribution in [2.24, 2.45) is 0 Å². The van der Waals surface area contributed by atoms with Crippen LogP contribution in [0.5, 0.6) is 5.75 Å². The maximum atomic E-state index is 11.4. The van der Waals surface area contributed by atoms with Gasteiger partial charge in [-0.2, -0.15) is 0 Å². The molecule has 1 aliphatic rings. The summed E-state index contributed by atoms with van der Waals surface area (Å²) in [6, 6.07) is 12.8. The average Bonchev–Trinajstić information content (AvgIpc) is 3.29. The van der Waals surface area contributed by atoms with E-state index in [2.05, 4.69) is 22.0 Å². The highest BCUT2D eigenvalue weighted by molar-refractivity contribution is 5.81. The molecule has 5 atom stereocenters. The summed E-state index contributed by atoms with van der Waals surface area (Å²) in [4.78, 5) is 11.4. The predicted octanol–water partition coefficient (Wildman–Crippen LogP) is 0.721. The van der Waals surface area contributed by atoms with E-state index in [-0.39, 0.29) is 12.4 Å². The maximum absolute atomic E-state index is 11.4. The van der Waals surface area contributed by atoms with Crippen molar-refractivity contribution >= 4 is 17.2 Å². The molecule has 1 unspecified atom stereocenters. The lowest BCUT2D eigenvalue weighted by Gasteiger charge is -2.45. The number of aliphatic hydroxyl groups is 4. The van der Waals surface area contributed by atoms with Crippen LogP contribution in [0.2, 0.25) is 0 Å². The van der Waals surface area contributed by atoms with Gasteiger partial charge in [-0.1, -0.05) is 42.5 Å². The van der Waals surface area contributed by atoms with Gasteiger partial charge in [-0.25, -0.2) is 9.48 Å². The number of benzene rings is 2. The number of hydrogen-bond donors (Lipinski definition) is 4. The molecule has 0 bridgehead atoms. The number of aliphatic hydroxyl groups excluding tert-OH is 3. The van der Waals surface area contributed by atoms with Gasteiger partial charge in [0.15, 0.2) is 11.9 Å². The Bertz CT molecular complexity index is 1190. The van der Waals surface area contributed by atoms with Crippen LogP contribution in [0.4, 0.5) is 4.79 Å². The minimum Gasteiger partial charge on any atom is -0.452 e. The average molecular weight is 504 g/mol. The lowest BCUT2D eigenvalue weighted by molar-refractivity contribution is -0.385. The van der Waals surface area contributed by atoms with Crippen molar-refractivity contribution in [2.45, 2.75) is 57.2 Å². The van der Waals surface area contributed by atoms with Crippen molar-refractivity contribution in [3.05, 3.63) is 53.6 Å². The fourth-order valence-corrected chi connectivity index (χ4v) is 3.92. The van der Waals surface area contributed by atoms with Gasteiger partial charge in [0, 0.05) is 0 Å². The number of fused-ring (bicyclic) bond motifs is 1. The topological polar surface area (TPSA) is 166 Å². The summed E-state index contributed by atoms with van der Waals surface area (Å²) in [5.41, 5.74) is 2.99. The third kappa shape index (κ3) is 5.13. The van der Waals surface area contributed by atoms with Crippen LogP contribution in [-0.2, 0) is 27.2 Å². The molecule has 1 fully saturated rings. The largest absolute Gasteiger partial charge is 0.508 e. The van der Waals surface area contributed by atoms with Crippen molar-refractivity contribution in [3.8, 4) is 5.75 Å². The molecule has 4 N–H and O–H groups in total. The number of para-hydroxylation sites is 1. The van der Waals surface area contributed by atoms with E-state index in [1.807, 2.05) is 24.3 Å². The molecule has 2 heterocycles. The first-order valence-corrected chi connectivity index (χ1v) is 11.6. The van der Waals surface area contributed by atoms with E-state index in [1.54, 1.807) is 23.7 Å². The Hall–Kier alpha value is -3.29. The molecule has 12 heteroatoms. The lowest BCUT2D eigenvalue weighted by Crippen LogP contribution is -2.69. The van der Waals surface area contributed by atoms with Gasteiger partial charge >= 0.3 is 6.16 Å². The number of aryl methyl sites for hydroxylation is 1. The quantitative estimate of drug-likeness (QED) is 0.253. The molecular weight excluding hydrogens is 474 g/mol. The molecular formula is C24H29N3O9. The number of carbonyl (C=O) groups excluding carboxylic acids is 1. The Kier molecular flexibility index (Phi) is 7.71. The molecule has 2 aromatic carbocycles. The maximum Gasteiger partial charge on any atom is 0.508 e. The Morgan fingerprint density at radius 2 is 1.81 bits per heavy atom. The molecule has 0 aliphatic carbocycles. The van der Waals surface area contributed by atoms with Crippen LogP contribution in [0.3, 0.4) is 0 Å². The number of ether oxygens (including phenoxy) is 4. The zero-order valence-corrected chi connectivity index (χ0v) is 19.9. The van der Waals surface area contributed by atoms with Crippen LogP contribution in [0.15, 0.2) is 42.5 Å². The van der Waals surface area contributed by atoms with E-state index < -0.39 is 43.2 Å². The molecule has 4 rings (SSSR count). The molecule has 1 aliphatic heterocycles. The second-order valence-electron chi connectivity index (χ2n) is 8.35. The molecule has 0 amide bonds. The Balaban J connectivity index is 1.56. The predicted molar refractivity (Wildman–Crippen MR) is 124 cm³/mol. The normalized spacial score (nSPS) is 26.1. The first-order valence-electron chi connectivity index (χ1n) is 11.6. The van der Waals surface area contributed by atoms with E-state index in [9.17, 15) is 25.2 Å². The number of nitrogens with zero attached hydrogens (tertiary/aromatic N) is 3. The molecule has 12 nitrogen and oxygen atoms in total. The van der Waals surface area contributed by atoms with Crippen LogP contribution >= 0.6 is 0 Å². The molecule has 0 saturated carbocycles. The van der Waals surface area contributed by atoms with Crippen molar-refractivity contribution in [1.29, 1.82) is 0 Å². The number of rotatable bonds is 8. The highest BCUT2D eigenvalue weighted by atomic mass is 16.7. The Labute approximate surface area is 206 Å². The summed E-state index contributed by atoms with van der Waals surface area (Å²) >= 11 is 0. The molecule has 1 aromatic heterocycles. The molecule has 0 spiro atoms.